The highest BCUT2D eigenvalue weighted by molar-refractivity contribution is 5.97. The molecule has 1 heterocycles. The molecule has 1 fully saturated rings. The summed E-state index contributed by atoms with van der Waals surface area (Å²) in [5, 5.41) is 3.85. The average Bonchev–Trinajstić information content (AvgIpc) is 3.06. The number of carbonyl (C=O) groups is 2. The van der Waals surface area contributed by atoms with E-state index in [0.29, 0.717) is 23.7 Å². The summed E-state index contributed by atoms with van der Waals surface area (Å²) in [6.07, 6.45) is 3.50. The topological polar surface area (TPSA) is 77.8 Å². The third kappa shape index (κ3) is 4.55. The first-order chi connectivity index (χ1) is 13.5. The molecule has 1 aliphatic rings. The van der Waals surface area contributed by atoms with Gasteiger partial charge in [-0.1, -0.05) is 38.0 Å². The predicted octanol–water partition coefficient (Wildman–Crippen LogP) is 4.21. The summed E-state index contributed by atoms with van der Waals surface area (Å²) in [4.78, 5) is 25.2. The van der Waals surface area contributed by atoms with E-state index in [0.717, 1.165) is 24.6 Å². The summed E-state index contributed by atoms with van der Waals surface area (Å²) < 4.78 is 16.6. The number of carbonyl (C=O) groups excluding carboxylic acids is 2. The third-order valence-electron chi connectivity index (χ3n) is 5.43. The Hall–Kier alpha value is -2.34. The molecule has 0 spiro atoms. The number of hydrogen-bond acceptors (Lipinski definition) is 5. The summed E-state index contributed by atoms with van der Waals surface area (Å²) in [6, 6.07) is 7.53. The second kappa shape index (κ2) is 9.24. The molecule has 3 rings (SSSR count). The van der Waals surface area contributed by atoms with Crippen LogP contribution in [0.1, 0.15) is 62.6 Å². The Morgan fingerprint density at radius 2 is 2.00 bits per heavy atom. The van der Waals surface area contributed by atoms with Crippen LogP contribution in [0.2, 0.25) is 0 Å². The SMILES string of the molecule is CCOCc1c(C(=O)O[C@@H](C)C(=O)N[C@@H]2CCCC[C@@H]2C)oc2ccccc12. The Bertz CT molecular complexity index is 827. The van der Waals surface area contributed by atoms with E-state index in [9.17, 15) is 9.59 Å². The minimum atomic E-state index is -0.894. The van der Waals surface area contributed by atoms with E-state index < -0.39 is 12.1 Å². The van der Waals surface area contributed by atoms with Crippen LogP contribution in [0.4, 0.5) is 0 Å². The average molecular weight is 387 g/mol. The van der Waals surface area contributed by atoms with Gasteiger partial charge in [0.25, 0.3) is 5.91 Å². The van der Waals surface area contributed by atoms with Gasteiger partial charge >= 0.3 is 5.97 Å². The molecule has 3 atom stereocenters. The van der Waals surface area contributed by atoms with Crippen molar-refractivity contribution < 1.29 is 23.5 Å². The fourth-order valence-electron chi connectivity index (χ4n) is 3.71. The van der Waals surface area contributed by atoms with Gasteiger partial charge < -0.3 is 19.2 Å². The van der Waals surface area contributed by atoms with Crippen LogP contribution in [0.15, 0.2) is 28.7 Å². The summed E-state index contributed by atoms with van der Waals surface area (Å²) in [6.45, 7) is 6.39. The van der Waals surface area contributed by atoms with Crippen molar-refractivity contribution in [2.24, 2.45) is 5.92 Å². The Morgan fingerprint density at radius 1 is 1.25 bits per heavy atom. The van der Waals surface area contributed by atoms with Crippen molar-refractivity contribution in [1.82, 2.24) is 5.32 Å². The Kier molecular flexibility index (Phi) is 6.73. The van der Waals surface area contributed by atoms with Crippen molar-refractivity contribution >= 4 is 22.8 Å². The van der Waals surface area contributed by atoms with Crippen LogP contribution in [0.5, 0.6) is 0 Å². The monoisotopic (exact) mass is 387 g/mol. The molecule has 6 heteroatoms. The molecule has 1 saturated carbocycles. The van der Waals surface area contributed by atoms with Gasteiger partial charge in [-0.05, 0) is 38.7 Å². The van der Waals surface area contributed by atoms with Crippen molar-refractivity contribution in [2.45, 2.75) is 65.2 Å². The Labute approximate surface area is 165 Å². The van der Waals surface area contributed by atoms with Crippen molar-refractivity contribution in [3.8, 4) is 0 Å². The van der Waals surface area contributed by atoms with E-state index >= 15 is 0 Å². The number of rotatable bonds is 7. The lowest BCUT2D eigenvalue weighted by molar-refractivity contribution is -0.130. The Morgan fingerprint density at radius 3 is 2.75 bits per heavy atom. The fraction of sp³-hybridized carbons (Fsp3) is 0.545. The molecule has 0 aliphatic heterocycles. The number of nitrogens with one attached hydrogen (secondary N) is 1. The summed E-state index contributed by atoms with van der Waals surface area (Å²) in [5.41, 5.74) is 1.24. The maximum atomic E-state index is 12.7. The number of esters is 1. The minimum absolute atomic E-state index is 0.0975. The zero-order chi connectivity index (χ0) is 20.1. The summed E-state index contributed by atoms with van der Waals surface area (Å²) in [7, 11) is 0. The lowest BCUT2D eigenvalue weighted by Crippen LogP contribution is -2.46. The lowest BCUT2D eigenvalue weighted by Gasteiger charge is -2.30. The van der Waals surface area contributed by atoms with E-state index in [1.54, 1.807) is 13.0 Å². The highest BCUT2D eigenvalue weighted by Gasteiger charge is 2.29. The van der Waals surface area contributed by atoms with Crippen molar-refractivity contribution in [1.29, 1.82) is 0 Å². The maximum Gasteiger partial charge on any atom is 0.375 e. The highest BCUT2D eigenvalue weighted by atomic mass is 16.6. The van der Waals surface area contributed by atoms with Crippen molar-refractivity contribution in [3.05, 3.63) is 35.6 Å². The van der Waals surface area contributed by atoms with E-state index in [1.807, 2.05) is 25.1 Å². The molecule has 28 heavy (non-hydrogen) atoms. The predicted molar refractivity (Wildman–Crippen MR) is 106 cm³/mol. The zero-order valence-electron chi connectivity index (χ0n) is 16.8. The molecule has 0 saturated heterocycles. The standard InChI is InChI=1S/C22H29NO5/c1-4-26-13-17-16-10-6-8-12-19(16)28-20(17)22(25)27-15(3)21(24)23-18-11-7-5-9-14(18)2/h6,8,10,12,14-15,18H,4-5,7,9,11,13H2,1-3H3,(H,23,24)/t14-,15-,18+/m0/s1. The molecular weight excluding hydrogens is 358 g/mol. The summed E-state index contributed by atoms with van der Waals surface area (Å²) >= 11 is 0. The highest BCUT2D eigenvalue weighted by Crippen LogP contribution is 2.28. The molecular formula is C22H29NO5. The number of hydrogen-bond donors (Lipinski definition) is 1. The van der Waals surface area contributed by atoms with Crippen molar-refractivity contribution in [3.63, 3.8) is 0 Å². The second-order valence-corrected chi connectivity index (χ2v) is 7.47. The second-order valence-electron chi connectivity index (χ2n) is 7.47. The summed E-state index contributed by atoms with van der Waals surface area (Å²) in [5.74, 6) is -0.381. The van der Waals surface area contributed by atoms with Crippen molar-refractivity contribution in [2.75, 3.05) is 6.61 Å². The van der Waals surface area contributed by atoms with E-state index in [4.69, 9.17) is 13.9 Å². The number of fused-ring (bicyclic) bond motifs is 1. The third-order valence-corrected chi connectivity index (χ3v) is 5.43. The van der Waals surface area contributed by atoms with E-state index in [-0.39, 0.29) is 24.3 Å². The van der Waals surface area contributed by atoms with Crippen LogP contribution in [0.25, 0.3) is 11.0 Å². The number of benzene rings is 1. The number of furan rings is 1. The largest absolute Gasteiger partial charge is 0.449 e. The fourth-order valence-corrected chi connectivity index (χ4v) is 3.71. The van der Waals surface area contributed by atoms with Gasteiger partial charge in [0.05, 0.1) is 6.61 Å². The zero-order valence-corrected chi connectivity index (χ0v) is 16.8. The van der Waals surface area contributed by atoms with Gasteiger partial charge in [0.15, 0.2) is 6.10 Å². The molecule has 1 aliphatic carbocycles. The quantitative estimate of drug-likeness (QED) is 0.720. The first-order valence-corrected chi connectivity index (χ1v) is 10.1. The molecule has 1 N–H and O–H groups in total. The normalized spacial score (nSPS) is 20.7. The molecule has 1 aromatic heterocycles. The van der Waals surface area contributed by atoms with Crippen LogP contribution >= 0.6 is 0 Å². The molecule has 0 radical (unpaired) electrons. The van der Waals surface area contributed by atoms with Crippen LogP contribution in [0.3, 0.4) is 0 Å². The van der Waals surface area contributed by atoms with Gasteiger partial charge in [-0.15, -0.1) is 0 Å². The first-order valence-electron chi connectivity index (χ1n) is 10.1. The first kappa shape index (κ1) is 20.4. The van der Waals surface area contributed by atoms with Crippen LogP contribution in [0, 0.1) is 5.92 Å². The van der Waals surface area contributed by atoms with Crippen LogP contribution in [-0.2, 0) is 20.9 Å². The lowest BCUT2D eigenvalue weighted by atomic mass is 9.86. The van der Waals surface area contributed by atoms with E-state index in [1.165, 1.54) is 6.42 Å². The van der Waals surface area contributed by atoms with Gasteiger partial charge in [0.1, 0.15) is 5.58 Å². The molecule has 6 nitrogen and oxygen atoms in total. The molecule has 0 bridgehead atoms. The Balaban J connectivity index is 1.70. The minimum Gasteiger partial charge on any atom is -0.449 e. The molecule has 1 amide bonds. The number of amides is 1. The van der Waals surface area contributed by atoms with Crippen LogP contribution in [-0.4, -0.2) is 30.6 Å². The molecule has 0 unspecified atom stereocenters. The molecule has 2 aromatic rings. The van der Waals surface area contributed by atoms with Gasteiger partial charge in [-0.3, -0.25) is 4.79 Å². The van der Waals surface area contributed by atoms with Gasteiger partial charge in [0, 0.05) is 23.6 Å². The number of ether oxygens (including phenoxy) is 2. The van der Waals surface area contributed by atoms with E-state index in [2.05, 4.69) is 12.2 Å². The molecule has 152 valence electrons. The van der Waals surface area contributed by atoms with Gasteiger partial charge in [-0.2, -0.15) is 0 Å². The van der Waals surface area contributed by atoms with Gasteiger partial charge in [0.2, 0.25) is 5.76 Å². The molecule has 1 aromatic carbocycles. The number of para-hydroxylation sites is 1. The maximum absolute atomic E-state index is 12.7. The van der Waals surface area contributed by atoms with Crippen LogP contribution < -0.4 is 5.32 Å². The smallest absolute Gasteiger partial charge is 0.375 e. The van der Waals surface area contributed by atoms with Gasteiger partial charge in [-0.25, -0.2) is 4.79 Å².